The fourth-order valence-electron chi connectivity index (χ4n) is 3.35. The molecule has 7 heteroatoms. The Kier molecular flexibility index (Phi) is 4.99. The molecule has 0 N–H and O–H groups in total. The van der Waals surface area contributed by atoms with Gasteiger partial charge in [-0.2, -0.15) is 0 Å². The lowest BCUT2D eigenvalue weighted by Crippen LogP contribution is -2.52. The van der Waals surface area contributed by atoms with Crippen LogP contribution < -0.4 is 0 Å². The average Bonchev–Trinajstić information content (AvgIpc) is 3.40. The molecule has 136 valence electrons. The average molecular weight is 371 g/mol. The predicted octanol–water partition coefficient (Wildman–Crippen LogP) is 2.27. The summed E-state index contributed by atoms with van der Waals surface area (Å²) in [6.07, 6.45) is 1.46. The molecule has 2 aliphatic heterocycles. The first-order valence-corrected chi connectivity index (χ1v) is 9.81. The van der Waals surface area contributed by atoms with Crippen molar-refractivity contribution >= 4 is 23.2 Å². The summed E-state index contributed by atoms with van der Waals surface area (Å²) < 4.78 is 5.48. The number of aromatic nitrogens is 1. The highest BCUT2D eigenvalue weighted by Gasteiger charge is 2.31. The van der Waals surface area contributed by atoms with Crippen molar-refractivity contribution in [3.63, 3.8) is 0 Å². The van der Waals surface area contributed by atoms with Gasteiger partial charge in [0.15, 0.2) is 0 Å². The number of thiazole rings is 1. The molecule has 2 amide bonds. The zero-order chi connectivity index (χ0) is 17.9. The maximum absolute atomic E-state index is 12.7. The Labute approximate surface area is 156 Å². The van der Waals surface area contributed by atoms with Crippen molar-refractivity contribution in [1.82, 2.24) is 14.8 Å². The summed E-state index contributed by atoms with van der Waals surface area (Å²) in [6.45, 7) is 2.85. The van der Waals surface area contributed by atoms with Crippen LogP contribution in [0.3, 0.4) is 0 Å². The first kappa shape index (κ1) is 17.2. The number of amides is 2. The highest BCUT2D eigenvalue weighted by Crippen LogP contribution is 2.24. The Morgan fingerprint density at radius 1 is 1.08 bits per heavy atom. The van der Waals surface area contributed by atoms with Gasteiger partial charge in [-0.3, -0.25) is 9.59 Å². The molecule has 6 nitrogen and oxygen atoms in total. The van der Waals surface area contributed by atoms with E-state index in [1.54, 1.807) is 4.90 Å². The van der Waals surface area contributed by atoms with Gasteiger partial charge in [-0.1, -0.05) is 30.3 Å². The minimum Gasteiger partial charge on any atom is -0.368 e. The van der Waals surface area contributed by atoms with E-state index in [0.717, 1.165) is 23.4 Å². The van der Waals surface area contributed by atoms with Crippen molar-refractivity contribution in [2.45, 2.75) is 18.9 Å². The van der Waals surface area contributed by atoms with Crippen LogP contribution in [0.5, 0.6) is 0 Å². The largest absolute Gasteiger partial charge is 0.368 e. The zero-order valence-electron chi connectivity index (χ0n) is 14.5. The van der Waals surface area contributed by atoms with Gasteiger partial charge in [-0.25, -0.2) is 4.98 Å². The second-order valence-electron chi connectivity index (χ2n) is 6.52. The van der Waals surface area contributed by atoms with Gasteiger partial charge in [-0.15, -0.1) is 11.3 Å². The minimum atomic E-state index is -0.288. The van der Waals surface area contributed by atoms with Crippen molar-refractivity contribution in [1.29, 1.82) is 0 Å². The number of hydrogen-bond donors (Lipinski definition) is 0. The topological polar surface area (TPSA) is 62.7 Å². The maximum Gasteiger partial charge on any atom is 0.273 e. The molecule has 3 heterocycles. The summed E-state index contributed by atoms with van der Waals surface area (Å²) in [5, 5.41) is 2.66. The van der Waals surface area contributed by atoms with Gasteiger partial charge >= 0.3 is 0 Å². The highest BCUT2D eigenvalue weighted by atomic mass is 32.1. The molecule has 0 bridgehead atoms. The standard InChI is InChI=1S/C19H21N3O3S/c23-18(15-13-26-17(20-15)14-5-2-1-3-6-14)21-8-10-22(11-9-21)19(24)16-7-4-12-25-16/h1-3,5-6,13,16H,4,7-12H2. The molecule has 1 atom stereocenters. The number of hydrogen-bond acceptors (Lipinski definition) is 5. The van der Waals surface area contributed by atoms with Gasteiger partial charge in [0.2, 0.25) is 0 Å². The normalized spacial score (nSPS) is 20.4. The molecular formula is C19H21N3O3S. The molecule has 2 fully saturated rings. The Bertz CT molecular complexity index is 778. The molecule has 26 heavy (non-hydrogen) atoms. The van der Waals surface area contributed by atoms with E-state index in [1.165, 1.54) is 11.3 Å². The van der Waals surface area contributed by atoms with Crippen LogP contribution in [0.1, 0.15) is 23.3 Å². The summed E-state index contributed by atoms with van der Waals surface area (Å²) in [5.41, 5.74) is 1.50. The zero-order valence-corrected chi connectivity index (χ0v) is 15.3. The summed E-state index contributed by atoms with van der Waals surface area (Å²) >= 11 is 1.48. The van der Waals surface area contributed by atoms with Crippen LogP contribution in [-0.4, -0.2) is 65.5 Å². The predicted molar refractivity (Wildman–Crippen MR) is 99.0 cm³/mol. The first-order chi connectivity index (χ1) is 12.7. The molecule has 0 spiro atoms. The van der Waals surface area contributed by atoms with E-state index in [9.17, 15) is 9.59 Å². The molecule has 0 aliphatic carbocycles. The maximum atomic E-state index is 12.7. The smallest absolute Gasteiger partial charge is 0.273 e. The third-order valence-corrected chi connectivity index (χ3v) is 5.72. The highest BCUT2D eigenvalue weighted by molar-refractivity contribution is 7.13. The summed E-state index contributed by atoms with van der Waals surface area (Å²) in [5.74, 6) is 0.00210. The van der Waals surface area contributed by atoms with E-state index in [4.69, 9.17) is 4.74 Å². The molecule has 1 unspecified atom stereocenters. The van der Waals surface area contributed by atoms with Crippen molar-refractivity contribution in [3.8, 4) is 10.6 Å². The van der Waals surface area contributed by atoms with Crippen molar-refractivity contribution < 1.29 is 14.3 Å². The van der Waals surface area contributed by atoms with Gasteiger partial charge < -0.3 is 14.5 Å². The van der Waals surface area contributed by atoms with E-state index >= 15 is 0 Å². The number of ether oxygens (including phenoxy) is 1. The monoisotopic (exact) mass is 371 g/mol. The molecule has 2 saturated heterocycles. The summed E-state index contributed by atoms with van der Waals surface area (Å²) in [4.78, 5) is 33.2. The summed E-state index contributed by atoms with van der Waals surface area (Å²) in [6, 6.07) is 9.86. The van der Waals surface area contributed by atoms with Crippen LogP contribution in [0.15, 0.2) is 35.7 Å². The van der Waals surface area contributed by atoms with E-state index in [-0.39, 0.29) is 17.9 Å². The Morgan fingerprint density at radius 3 is 2.50 bits per heavy atom. The second-order valence-corrected chi connectivity index (χ2v) is 7.38. The minimum absolute atomic E-state index is 0.0624. The van der Waals surface area contributed by atoms with Crippen molar-refractivity contribution in [2.24, 2.45) is 0 Å². The molecule has 2 aliphatic rings. The summed E-state index contributed by atoms with van der Waals surface area (Å²) in [7, 11) is 0. The Morgan fingerprint density at radius 2 is 1.81 bits per heavy atom. The molecule has 2 aromatic rings. The van der Waals surface area contributed by atoms with Gasteiger partial charge in [-0.05, 0) is 12.8 Å². The van der Waals surface area contributed by atoms with Crippen LogP contribution in [0, 0.1) is 0 Å². The quantitative estimate of drug-likeness (QED) is 0.830. The molecular weight excluding hydrogens is 350 g/mol. The molecule has 1 aromatic heterocycles. The SMILES string of the molecule is O=C(c1csc(-c2ccccc2)n1)N1CCN(C(=O)C2CCCO2)CC1. The van der Waals surface area contributed by atoms with Crippen molar-refractivity contribution in [2.75, 3.05) is 32.8 Å². The molecule has 1 aromatic carbocycles. The van der Waals surface area contributed by atoms with E-state index in [1.807, 2.05) is 40.6 Å². The first-order valence-electron chi connectivity index (χ1n) is 8.93. The van der Waals surface area contributed by atoms with Gasteiger partial charge in [0.05, 0.1) is 0 Å². The number of nitrogens with zero attached hydrogens (tertiary/aromatic N) is 3. The fraction of sp³-hybridized carbons (Fsp3) is 0.421. The fourth-order valence-corrected chi connectivity index (χ4v) is 4.15. The number of rotatable bonds is 3. The van der Waals surface area contributed by atoms with E-state index < -0.39 is 0 Å². The van der Waals surface area contributed by atoms with Gasteiger partial charge in [0.25, 0.3) is 11.8 Å². The Hall–Kier alpha value is -2.25. The molecule has 0 radical (unpaired) electrons. The lowest BCUT2D eigenvalue weighted by molar-refractivity contribution is -0.142. The molecule has 0 saturated carbocycles. The van der Waals surface area contributed by atoms with Gasteiger partial charge in [0, 0.05) is 43.7 Å². The van der Waals surface area contributed by atoms with Crippen LogP contribution in [0.4, 0.5) is 0 Å². The Balaban J connectivity index is 1.36. The van der Waals surface area contributed by atoms with E-state index in [2.05, 4.69) is 4.98 Å². The van der Waals surface area contributed by atoms with Crippen LogP contribution in [0.25, 0.3) is 10.6 Å². The number of carbonyl (C=O) groups excluding carboxylic acids is 2. The number of benzene rings is 1. The lowest BCUT2D eigenvalue weighted by Gasteiger charge is -2.35. The van der Waals surface area contributed by atoms with Crippen molar-refractivity contribution in [3.05, 3.63) is 41.4 Å². The number of piperazine rings is 1. The lowest BCUT2D eigenvalue weighted by atomic mass is 10.2. The second kappa shape index (κ2) is 7.55. The van der Waals surface area contributed by atoms with Crippen LogP contribution in [-0.2, 0) is 9.53 Å². The third-order valence-electron chi connectivity index (χ3n) is 4.83. The number of carbonyl (C=O) groups is 2. The molecule has 4 rings (SSSR count). The van der Waals surface area contributed by atoms with Crippen LogP contribution in [0.2, 0.25) is 0 Å². The van der Waals surface area contributed by atoms with Crippen LogP contribution >= 0.6 is 11.3 Å². The third kappa shape index (κ3) is 3.50. The van der Waals surface area contributed by atoms with Gasteiger partial charge in [0.1, 0.15) is 16.8 Å². The van der Waals surface area contributed by atoms with E-state index in [0.29, 0.717) is 38.5 Å².